The lowest BCUT2D eigenvalue weighted by atomic mass is 10.1. The quantitative estimate of drug-likeness (QED) is 0.463. The molecule has 0 fully saturated rings. The first-order valence-electron chi connectivity index (χ1n) is 3.28. The second-order valence-corrected chi connectivity index (χ2v) is 2.20. The number of carboxylic acids is 1. The zero-order valence-corrected chi connectivity index (χ0v) is 6.12. The van der Waals surface area contributed by atoms with Crippen molar-refractivity contribution in [2.24, 2.45) is 11.5 Å². The number of Topliss-reactive ketones (excluding diaryl/α,β-unsaturated/α-hetero) is 1. The fraction of sp³-hybridized carbons (Fsp3) is 0.667. The number of ketones is 1. The molecule has 0 saturated carbocycles. The number of hydrogen-bond donors (Lipinski definition) is 3. The van der Waals surface area contributed by atoms with E-state index in [0.717, 1.165) is 0 Å². The van der Waals surface area contributed by atoms with E-state index in [1.165, 1.54) is 0 Å². The van der Waals surface area contributed by atoms with Crippen LogP contribution in [0.15, 0.2) is 0 Å². The highest BCUT2D eigenvalue weighted by atomic mass is 16.4. The van der Waals surface area contributed by atoms with Gasteiger partial charge in [-0.15, -0.1) is 0 Å². The van der Waals surface area contributed by atoms with E-state index in [4.69, 9.17) is 16.6 Å². The fourth-order valence-electron chi connectivity index (χ4n) is 0.547. The summed E-state index contributed by atoms with van der Waals surface area (Å²) in [6.45, 7) is 0.0679. The van der Waals surface area contributed by atoms with Crippen LogP contribution in [-0.4, -0.2) is 29.4 Å². The van der Waals surface area contributed by atoms with Crippen molar-refractivity contribution >= 4 is 11.8 Å². The zero-order valence-electron chi connectivity index (χ0n) is 6.12. The highest BCUT2D eigenvalue weighted by Gasteiger charge is 2.12. The summed E-state index contributed by atoms with van der Waals surface area (Å²) in [4.78, 5) is 20.8. The van der Waals surface area contributed by atoms with E-state index < -0.39 is 12.0 Å². The van der Waals surface area contributed by atoms with Crippen LogP contribution in [0.25, 0.3) is 0 Å². The molecule has 0 aromatic carbocycles. The summed E-state index contributed by atoms with van der Waals surface area (Å²) in [7, 11) is 0. The molecule has 0 amide bonds. The average molecular weight is 160 g/mol. The molecule has 0 radical (unpaired) electrons. The Morgan fingerprint density at radius 3 is 2.27 bits per heavy atom. The average Bonchev–Trinajstić information content (AvgIpc) is 1.98. The Morgan fingerprint density at radius 1 is 1.36 bits per heavy atom. The Labute approximate surface area is 64.4 Å². The molecule has 0 aliphatic rings. The van der Waals surface area contributed by atoms with Gasteiger partial charge >= 0.3 is 5.97 Å². The van der Waals surface area contributed by atoms with Crippen LogP contribution in [-0.2, 0) is 9.59 Å². The minimum absolute atomic E-state index is 0.0340. The molecule has 0 aliphatic heterocycles. The monoisotopic (exact) mass is 160 g/mol. The van der Waals surface area contributed by atoms with Gasteiger partial charge in [0.05, 0.1) is 12.5 Å². The Balaban J connectivity index is 3.60. The van der Waals surface area contributed by atoms with Crippen molar-refractivity contribution in [2.75, 3.05) is 6.54 Å². The third kappa shape index (κ3) is 4.46. The largest absolute Gasteiger partial charge is 0.481 e. The standard InChI is InChI=1S/C6H12N2O3/c7-3-4(8)5(9)1-2-6(10)11/h4H,1-3,7-8H2,(H,10,11)/t4-/m1/s1. The maximum atomic E-state index is 10.8. The van der Waals surface area contributed by atoms with Crippen molar-refractivity contribution in [1.29, 1.82) is 0 Å². The summed E-state index contributed by atoms with van der Waals surface area (Å²) in [6.07, 6.45) is -0.208. The summed E-state index contributed by atoms with van der Waals surface area (Å²) < 4.78 is 0. The lowest BCUT2D eigenvalue weighted by molar-refractivity contribution is -0.138. The van der Waals surface area contributed by atoms with E-state index in [-0.39, 0.29) is 25.2 Å². The summed E-state index contributed by atoms with van der Waals surface area (Å²) in [6, 6.07) is -0.714. The first-order valence-corrected chi connectivity index (χ1v) is 3.28. The van der Waals surface area contributed by atoms with Crippen LogP contribution in [0.3, 0.4) is 0 Å². The number of hydrogen-bond acceptors (Lipinski definition) is 4. The van der Waals surface area contributed by atoms with Gasteiger partial charge in [-0.05, 0) is 0 Å². The molecule has 0 aromatic heterocycles. The number of rotatable bonds is 5. The van der Waals surface area contributed by atoms with E-state index in [1.54, 1.807) is 0 Å². The van der Waals surface area contributed by atoms with Crippen LogP contribution in [0.5, 0.6) is 0 Å². The van der Waals surface area contributed by atoms with E-state index >= 15 is 0 Å². The SMILES string of the molecule is NC[C@@H](N)C(=O)CCC(=O)O. The molecule has 0 heterocycles. The summed E-state index contributed by atoms with van der Waals surface area (Å²) >= 11 is 0. The Bertz CT molecular complexity index is 158. The van der Waals surface area contributed by atoms with Crippen molar-refractivity contribution in [3.05, 3.63) is 0 Å². The molecule has 64 valence electrons. The number of nitrogens with two attached hydrogens (primary N) is 2. The van der Waals surface area contributed by atoms with E-state index in [2.05, 4.69) is 0 Å². The minimum Gasteiger partial charge on any atom is -0.481 e. The van der Waals surface area contributed by atoms with Crippen LogP contribution >= 0.6 is 0 Å². The molecule has 0 unspecified atom stereocenters. The minimum atomic E-state index is -0.998. The topological polar surface area (TPSA) is 106 Å². The van der Waals surface area contributed by atoms with Crippen LogP contribution in [0.2, 0.25) is 0 Å². The maximum Gasteiger partial charge on any atom is 0.303 e. The second kappa shape index (κ2) is 4.81. The first-order chi connectivity index (χ1) is 5.07. The summed E-state index contributed by atoms with van der Waals surface area (Å²) in [5.41, 5.74) is 10.3. The van der Waals surface area contributed by atoms with E-state index in [0.29, 0.717) is 0 Å². The molecule has 0 saturated heterocycles. The summed E-state index contributed by atoms with van der Waals surface area (Å²) in [5, 5.41) is 8.19. The molecule has 1 atom stereocenters. The van der Waals surface area contributed by atoms with Gasteiger partial charge in [0.25, 0.3) is 0 Å². The lowest BCUT2D eigenvalue weighted by Gasteiger charge is -2.04. The second-order valence-electron chi connectivity index (χ2n) is 2.20. The van der Waals surface area contributed by atoms with Crippen molar-refractivity contribution in [3.8, 4) is 0 Å². The molecule has 0 rings (SSSR count). The van der Waals surface area contributed by atoms with Crippen molar-refractivity contribution < 1.29 is 14.7 Å². The molecule has 0 aromatic rings. The lowest BCUT2D eigenvalue weighted by Crippen LogP contribution is -2.37. The molecule has 11 heavy (non-hydrogen) atoms. The highest BCUT2D eigenvalue weighted by Crippen LogP contribution is 1.93. The number of aliphatic carboxylic acids is 1. The molecule has 0 spiro atoms. The molecule has 0 bridgehead atoms. The number of carbonyl (C=O) groups excluding carboxylic acids is 1. The number of carboxylic acid groups (broad SMARTS) is 1. The predicted octanol–water partition coefficient (Wildman–Crippen LogP) is -1.29. The van der Waals surface area contributed by atoms with Crippen molar-refractivity contribution in [2.45, 2.75) is 18.9 Å². The maximum absolute atomic E-state index is 10.8. The van der Waals surface area contributed by atoms with Crippen molar-refractivity contribution in [1.82, 2.24) is 0 Å². The molecule has 5 nitrogen and oxygen atoms in total. The van der Waals surface area contributed by atoms with Crippen LogP contribution in [0.4, 0.5) is 0 Å². The van der Waals surface area contributed by atoms with Gasteiger partial charge in [0.15, 0.2) is 5.78 Å². The third-order valence-electron chi connectivity index (χ3n) is 1.25. The molecule has 5 N–H and O–H groups in total. The van der Waals surface area contributed by atoms with Gasteiger partial charge in [-0.25, -0.2) is 0 Å². The Kier molecular flexibility index (Phi) is 4.40. The molecule has 5 heteroatoms. The van der Waals surface area contributed by atoms with Gasteiger partial charge in [-0.3, -0.25) is 9.59 Å². The molecular formula is C6H12N2O3. The van der Waals surface area contributed by atoms with Crippen molar-refractivity contribution in [3.63, 3.8) is 0 Å². The van der Waals surface area contributed by atoms with Crippen LogP contribution < -0.4 is 11.5 Å². The van der Waals surface area contributed by atoms with Gasteiger partial charge in [-0.1, -0.05) is 0 Å². The Hall–Kier alpha value is -0.940. The predicted molar refractivity (Wildman–Crippen MR) is 38.9 cm³/mol. The first kappa shape index (κ1) is 10.1. The molecular weight excluding hydrogens is 148 g/mol. The van der Waals surface area contributed by atoms with Gasteiger partial charge < -0.3 is 16.6 Å². The van der Waals surface area contributed by atoms with Gasteiger partial charge in [0.2, 0.25) is 0 Å². The van der Waals surface area contributed by atoms with Crippen LogP contribution in [0.1, 0.15) is 12.8 Å². The summed E-state index contributed by atoms with van der Waals surface area (Å²) in [5.74, 6) is -1.29. The normalized spacial score (nSPS) is 12.5. The van der Waals surface area contributed by atoms with Gasteiger partial charge in [0, 0.05) is 13.0 Å². The van der Waals surface area contributed by atoms with E-state index in [9.17, 15) is 9.59 Å². The van der Waals surface area contributed by atoms with Crippen LogP contribution in [0, 0.1) is 0 Å². The smallest absolute Gasteiger partial charge is 0.303 e. The Morgan fingerprint density at radius 2 is 1.91 bits per heavy atom. The van der Waals surface area contributed by atoms with E-state index in [1.807, 2.05) is 0 Å². The highest BCUT2D eigenvalue weighted by molar-refractivity contribution is 5.86. The van der Waals surface area contributed by atoms with Gasteiger partial charge in [0.1, 0.15) is 0 Å². The molecule has 0 aliphatic carbocycles. The fourth-order valence-corrected chi connectivity index (χ4v) is 0.547. The number of carbonyl (C=O) groups is 2. The van der Waals surface area contributed by atoms with Gasteiger partial charge in [-0.2, -0.15) is 0 Å². The third-order valence-corrected chi connectivity index (χ3v) is 1.25. The zero-order chi connectivity index (χ0) is 8.85.